The van der Waals surface area contributed by atoms with Gasteiger partial charge in [0.25, 0.3) is 0 Å². The number of rotatable bonds is 6. The first kappa shape index (κ1) is 28.4. The third-order valence-electron chi connectivity index (χ3n) is 6.60. The molecule has 37 heavy (non-hydrogen) atoms. The van der Waals surface area contributed by atoms with E-state index in [9.17, 15) is 27.2 Å². The molecule has 2 amide bonds. The second-order valence-corrected chi connectivity index (χ2v) is 10.7. The Morgan fingerprint density at radius 3 is 2.32 bits per heavy atom. The van der Waals surface area contributed by atoms with Gasteiger partial charge in [-0.3, -0.25) is 9.59 Å². The Hall–Kier alpha value is -3.17. The van der Waals surface area contributed by atoms with Gasteiger partial charge in [0.2, 0.25) is 11.8 Å². The van der Waals surface area contributed by atoms with E-state index in [1.165, 1.54) is 18.2 Å². The zero-order chi connectivity index (χ0) is 27.5. The van der Waals surface area contributed by atoms with Crippen LogP contribution in [0, 0.1) is 17.2 Å². The van der Waals surface area contributed by atoms with E-state index in [4.69, 9.17) is 0 Å². The summed E-state index contributed by atoms with van der Waals surface area (Å²) >= 11 is 0. The van der Waals surface area contributed by atoms with Gasteiger partial charge in [-0.05, 0) is 49.4 Å². The molecule has 1 fully saturated rings. The van der Waals surface area contributed by atoms with Crippen LogP contribution < -0.4 is 15.5 Å². The summed E-state index contributed by atoms with van der Waals surface area (Å²) in [6.07, 6.45) is -2.88. The lowest BCUT2D eigenvalue weighted by Gasteiger charge is -2.33. The van der Waals surface area contributed by atoms with Crippen molar-refractivity contribution in [3.63, 3.8) is 0 Å². The third kappa shape index (κ3) is 7.20. The van der Waals surface area contributed by atoms with Gasteiger partial charge in [-0.1, -0.05) is 39.8 Å². The molecule has 1 aliphatic rings. The second kappa shape index (κ2) is 11.1. The van der Waals surface area contributed by atoms with Crippen LogP contribution in [0.4, 0.5) is 29.1 Å². The maximum absolute atomic E-state index is 14.6. The third-order valence-corrected chi connectivity index (χ3v) is 6.60. The van der Waals surface area contributed by atoms with Gasteiger partial charge >= 0.3 is 6.18 Å². The number of benzene rings is 1. The topological polar surface area (TPSA) is 74.3 Å². The fourth-order valence-corrected chi connectivity index (χ4v) is 3.97. The lowest BCUT2D eigenvalue weighted by atomic mass is 9.95. The van der Waals surface area contributed by atoms with Crippen LogP contribution >= 0.6 is 0 Å². The summed E-state index contributed by atoms with van der Waals surface area (Å²) in [6, 6.07) is 6.43. The largest absolute Gasteiger partial charge is 0.433 e. The lowest BCUT2D eigenvalue weighted by Crippen LogP contribution is -2.35. The number of aromatic nitrogens is 1. The zero-order valence-corrected chi connectivity index (χ0v) is 21.8. The molecule has 0 aliphatic carbocycles. The standard InChI is InChI=1S/C27H34F4N4O2/c1-16-10-12-35(13-11-16)23-19(7-9-22(34-23)27(29,30)31)15-32-24(36)17(2)18-6-8-21(20(28)14-18)33-25(37)26(3,4)5/h6-9,14,16-17H,10-13,15H2,1-5H3,(H,32,36)(H,33,37). The number of pyridine rings is 1. The van der Waals surface area contributed by atoms with Crippen molar-refractivity contribution in [1.82, 2.24) is 10.3 Å². The summed E-state index contributed by atoms with van der Waals surface area (Å²) in [6.45, 7) is 10.0. The molecule has 1 atom stereocenters. The highest BCUT2D eigenvalue weighted by atomic mass is 19.4. The number of anilines is 2. The Morgan fingerprint density at radius 1 is 1.11 bits per heavy atom. The first-order valence-electron chi connectivity index (χ1n) is 12.4. The van der Waals surface area contributed by atoms with Crippen molar-refractivity contribution in [2.24, 2.45) is 11.3 Å². The van der Waals surface area contributed by atoms with Crippen LogP contribution in [0.1, 0.15) is 70.2 Å². The minimum absolute atomic E-state index is 0.0160. The molecular weight excluding hydrogens is 488 g/mol. The summed E-state index contributed by atoms with van der Waals surface area (Å²) in [5, 5.41) is 5.29. The van der Waals surface area contributed by atoms with Crippen molar-refractivity contribution in [2.75, 3.05) is 23.3 Å². The average molecular weight is 523 g/mol. The Labute approximate surface area is 214 Å². The van der Waals surface area contributed by atoms with Gasteiger partial charge in [0.1, 0.15) is 17.3 Å². The molecular formula is C27H34F4N4O2. The van der Waals surface area contributed by atoms with Crippen molar-refractivity contribution in [3.05, 3.63) is 53.0 Å². The van der Waals surface area contributed by atoms with Gasteiger partial charge in [0.15, 0.2) is 0 Å². The van der Waals surface area contributed by atoms with Crippen LogP contribution in [0.25, 0.3) is 0 Å². The van der Waals surface area contributed by atoms with E-state index >= 15 is 0 Å². The Kier molecular flexibility index (Phi) is 8.49. The minimum Gasteiger partial charge on any atom is -0.356 e. The molecule has 202 valence electrons. The van der Waals surface area contributed by atoms with Gasteiger partial charge in [0.05, 0.1) is 11.6 Å². The highest BCUT2D eigenvalue weighted by molar-refractivity contribution is 5.94. The molecule has 0 radical (unpaired) electrons. The number of nitrogens with one attached hydrogen (secondary N) is 2. The first-order valence-corrected chi connectivity index (χ1v) is 12.4. The maximum Gasteiger partial charge on any atom is 0.433 e. The summed E-state index contributed by atoms with van der Waals surface area (Å²) in [5.74, 6) is -1.44. The number of amides is 2. The van der Waals surface area contributed by atoms with Gasteiger partial charge in [-0.2, -0.15) is 13.2 Å². The summed E-state index contributed by atoms with van der Waals surface area (Å²) in [5.41, 5.74) is -0.767. The van der Waals surface area contributed by atoms with E-state index in [1.54, 1.807) is 33.8 Å². The maximum atomic E-state index is 14.6. The number of nitrogens with zero attached hydrogens (tertiary/aromatic N) is 2. The Morgan fingerprint density at radius 2 is 1.76 bits per heavy atom. The van der Waals surface area contributed by atoms with Crippen molar-refractivity contribution in [3.8, 4) is 0 Å². The number of alkyl halides is 3. The molecule has 0 saturated carbocycles. The van der Waals surface area contributed by atoms with Gasteiger partial charge < -0.3 is 15.5 Å². The highest BCUT2D eigenvalue weighted by Crippen LogP contribution is 2.32. The molecule has 0 spiro atoms. The monoisotopic (exact) mass is 522 g/mol. The summed E-state index contributed by atoms with van der Waals surface area (Å²) in [4.78, 5) is 30.8. The number of piperidine rings is 1. The average Bonchev–Trinajstić information content (AvgIpc) is 2.82. The van der Waals surface area contributed by atoms with Crippen molar-refractivity contribution in [1.29, 1.82) is 0 Å². The van der Waals surface area contributed by atoms with Crippen LogP contribution in [0.3, 0.4) is 0 Å². The predicted molar refractivity (Wildman–Crippen MR) is 135 cm³/mol. The lowest BCUT2D eigenvalue weighted by molar-refractivity contribution is -0.141. The number of carbonyl (C=O) groups excluding carboxylic acids is 2. The van der Waals surface area contributed by atoms with Crippen LogP contribution in [-0.2, 0) is 22.3 Å². The molecule has 10 heteroatoms. The van der Waals surface area contributed by atoms with Crippen molar-refractivity contribution in [2.45, 2.75) is 66.1 Å². The molecule has 3 rings (SSSR count). The van der Waals surface area contributed by atoms with E-state index in [1.807, 2.05) is 4.90 Å². The molecule has 0 bridgehead atoms. The van der Waals surface area contributed by atoms with Gasteiger partial charge in [0, 0.05) is 30.6 Å². The summed E-state index contributed by atoms with van der Waals surface area (Å²) in [7, 11) is 0. The van der Waals surface area contributed by atoms with E-state index in [0.717, 1.165) is 18.9 Å². The molecule has 1 aromatic carbocycles. The number of carbonyl (C=O) groups is 2. The van der Waals surface area contributed by atoms with Crippen LogP contribution in [0.15, 0.2) is 30.3 Å². The molecule has 2 N–H and O–H groups in total. The summed E-state index contributed by atoms with van der Waals surface area (Å²) < 4.78 is 54.6. The van der Waals surface area contributed by atoms with E-state index in [2.05, 4.69) is 22.5 Å². The molecule has 2 aromatic rings. The quantitative estimate of drug-likeness (QED) is 0.465. The predicted octanol–water partition coefficient (Wildman–Crippen LogP) is 5.88. The van der Waals surface area contributed by atoms with E-state index in [0.29, 0.717) is 30.1 Å². The fraction of sp³-hybridized carbons (Fsp3) is 0.519. The second-order valence-electron chi connectivity index (χ2n) is 10.7. The minimum atomic E-state index is -4.57. The van der Waals surface area contributed by atoms with E-state index in [-0.39, 0.29) is 24.0 Å². The number of hydrogen-bond acceptors (Lipinski definition) is 4. The SMILES string of the molecule is CC1CCN(c2nc(C(F)(F)F)ccc2CNC(=O)C(C)c2ccc(NC(=O)C(C)(C)C)c(F)c2)CC1. The molecule has 1 saturated heterocycles. The van der Waals surface area contributed by atoms with Crippen LogP contribution in [0.2, 0.25) is 0 Å². The molecule has 6 nitrogen and oxygen atoms in total. The van der Waals surface area contributed by atoms with Crippen molar-refractivity contribution < 1.29 is 27.2 Å². The Balaban J connectivity index is 1.73. The van der Waals surface area contributed by atoms with Crippen molar-refractivity contribution >= 4 is 23.3 Å². The first-order chi connectivity index (χ1) is 17.2. The normalized spacial score (nSPS) is 15.9. The van der Waals surface area contributed by atoms with E-state index < -0.39 is 34.9 Å². The van der Waals surface area contributed by atoms with Crippen LogP contribution in [0.5, 0.6) is 0 Å². The highest BCUT2D eigenvalue weighted by Gasteiger charge is 2.34. The number of hydrogen-bond donors (Lipinski definition) is 2. The smallest absolute Gasteiger partial charge is 0.356 e. The molecule has 2 heterocycles. The fourth-order valence-electron chi connectivity index (χ4n) is 3.97. The number of halogens is 4. The molecule has 1 aliphatic heterocycles. The van der Waals surface area contributed by atoms with Crippen LogP contribution in [-0.4, -0.2) is 29.9 Å². The van der Waals surface area contributed by atoms with Gasteiger partial charge in [-0.15, -0.1) is 0 Å². The molecule has 1 aromatic heterocycles. The molecule has 1 unspecified atom stereocenters. The zero-order valence-electron chi connectivity index (χ0n) is 21.8. The Bertz CT molecular complexity index is 1140. The van der Waals surface area contributed by atoms with Gasteiger partial charge in [-0.25, -0.2) is 9.37 Å².